The standard InChI is InChI=1S/C4H4Cl2O3/c1-9-3(6)2(5)4(7)8/h1H3,(H,7,8). The van der Waals surface area contributed by atoms with Gasteiger partial charge >= 0.3 is 5.97 Å². The Morgan fingerprint density at radius 2 is 2.00 bits per heavy atom. The van der Waals surface area contributed by atoms with Crippen LogP contribution in [0.4, 0.5) is 0 Å². The molecule has 0 spiro atoms. The van der Waals surface area contributed by atoms with Gasteiger partial charge in [-0.3, -0.25) is 0 Å². The van der Waals surface area contributed by atoms with Crippen molar-refractivity contribution in [2.75, 3.05) is 7.11 Å². The second kappa shape index (κ2) is 3.58. The Balaban J connectivity index is 4.28. The summed E-state index contributed by atoms with van der Waals surface area (Å²) in [4.78, 5) is 9.95. The van der Waals surface area contributed by atoms with Gasteiger partial charge in [0.05, 0.1) is 7.11 Å². The van der Waals surface area contributed by atoms with E-state index in [0.717, 1.165) is 0 Å². The second-order valence-corrected chi connectivity index (χ2v) is 1.82. The number of methoxy groups -OCH3 is 1. The number of ether oxygens (including phenoxy) is 1. The molecule has 0 atom stereocenters. The van der Waals surface area contributed by atoms with Crippen LogP contribution in [0.15, 0.2) is 10.3 Å². The van der Waals surface area contributed by atoms with Gasteiger partial charge in [-0.2, -0.15) is 0 Å². The van der Waals surface area contributed by atoms with Crippen molar-refractivity contribution in [2.24, 2.45) is 0 Å². The topological polar surface area (TPSA) is 46.5 Å². The zero-order valence-electron chi connectivity index (χ0n) is 4.52. The molecule has 5 heteroatoms. The van der Waals surface area contributed by atoms with Crippen molar-refractivity contribution in [3.8, 4) is 0 Å². The molecule has 0 aliphatic heterocycles. The maximum Gasteiger partial charge on any atom is 0.352 e. The number of carboxylic acid groups (broad SMARTS) is 1. The van der Waals surface area contributed by atoms with E-state index in [-0.39, 0.29) is 5.22 Å². The van der Waals surface area contributed by atoms with E-state index in [0.29, 0.717) is 0 Å². The first-order valence-corrected chi connectivity index (χ1v) is 2.67. The van der Waals surface area contributed by atoms with Crippen LogP contribution >= 0.6 is 23.2 Å². The maximum absolute atomic E-state index is 9.95. The zero-order chi connectivity index (χ0) is 7.44. The highest BCUT2D eigenvalue weighted by Crippen LogP contribution is 2.13. The molecular formula is C4H4Cl2O3. The van der Waals surface area contributed by atoms with Gasteiger partial charge < -0.3 is 9.84 Å². The van der Waals surface area contributed by atoms with Crippen molar-refractivity contribution >= 4 is 29.2 Å². The lowest BCUT2D eigenvalue weighted by Crippen LogP contribution is -1.96. The van der Waals surface area contributed by atoms with Crippen LogP contribution in [0.1, 0.15) is 0 Å². The van der Waals surface area contributed by atoms with Crippen molar-refractivity contribution in [1.29, 1.82) is 0 Å². The molecular weight excluding hydrogens is 167 g/mol. The minimum Gasteiger partial charge on any atom is -0.485 e. The molecule has 0 saturated carbocycles. The van der Waals surface area contributed by atoms with Gasteiger partial charge in [0.25, 0.3) is 0 Å². The summed E-state index contributed by atoms with van der Waals surface area (Å²) in [5.74, 6) is -1.30. The van der Waals surface area contributed by atoms with Gasteiger partial charge in [0.1, 0.15) is 0 Å². The molecule has 0 radical (unpaired) electrons. The molecule has 0 fully saturated rings. The molecule has 0 aliphatic carbocycles. The molecule has 0 aromatic rings. The molecule has 0 aromatic heterocycles. The third-order valence-electron chi connectivity index (χ3n) is 0.540. The molecule has 0 saturated heterocycles. The van der Waals surface area contributed by atoms with Crippen molar-refractivity contribution in [3.63, 3.8) is 0 Å². The van der Waals surface area contributed by atoms with Crippen LogP contribution in [0.5, 0.6) is 0 Å². The lowest BCUT2D eigenvalue weighted by molar-refractivity contribution is -0.132. The van der Waals surface area contributed by atoms with Crippen LogP contribution in [0, 0.1) is 0 Å². The minimum absolute atomic E-state index is 0.316. The number of carbonyl (C=O) groups is 1. The van der Waals surface area contributed by atoms with Crippen LogP contribution in [-0.4, -0.2) is 18.2 Å². The highest BCUT2D eigenvalue weighted by atomic mass is 35.5. The first-order valence-electron chi connectivity index (χ1n) is 1.92. The summed E-state index contributed by atoms with van der Waals surface area (Å²) >= 11 is 10.2. The summed E-state index contributed by atoms with van der Waals surface area (Å²) in [5.41, 5.74) is 0. The predicted molar refractivity (Wildman–Crippen MR) is 33.4 cm³/mol. The average Bonchev–Trinajstić information content (AvgIpc) is 1.84. The van der Waals surface area contributed by atoms with Crippen LogP contribution < -0.4 is 0 Å². The van der Waals surface area contributed by atoms with Gasteiger partial charge in [0.15, 0.2) is 5.03 Å². The van der Waals surface area contributed by atoms with E-state index in [9.17, 15) is 4.79 Å². The Kier molecular flexibility index (Phi) is 3.42. The van der Waals surface area contributed by atoms with Crippen molar-refractivity contribution in [1.82, 2.24) is 0 Å². The van der Waals surface area contributed by atoms with Gasteiger partial charge in [-0.05, 0) is 11.6 Å². The van der Waals surface area contributed by atoms with E-state index in [4.69, 9.17) is 28.3 Å². The number of carboxylic acids is 1. The summed E-state index contributed by atoms with van der Waals surface area (Å²) in [6.45, 7) is 0. The van der Waals surface area contributed by atoms with Crippen molar-refractivity contribution in [2.45, 2.75) is 0 Å². The fraction of sp³-hybridized carbons (Fsp3) is 0.250. The summed E-state index contributed by atoms with van der Waals surface area (Å²) in [6.07, 6.45) is 0. The van der Waals surface area contributed by atoms with Gasteiger partial charge in [0.2, 0.25) is 5.22 Å². The van der Waals surface area contributed by atoms with Crippen molar-refractivity contribution in [3.05, 3.63) is 10.3 Å². The molecule has 1 N–H and O–H groups in total. The van der Waals surface area contributed by atoms with E-state index in [2.05, 4.69) is 4.74 Å². The molecule has 0 unspecified atom stereocenters. The molecule has 0 bridgehead atoms. The number of halogens is 2. The normalized spacial score (nSPS) is 12.3. The Bertz CT molecular complexity index is 152. The van der Waals surface area contributed by atoms with Crippen LogP contribution in [-0.2, 0) is 9.53 Å². The van der Waals surface area contributed by atoms with E-state index >= 15 is 0 Å². The molecule has 0 aromatic carbocycles. The first kappa shape index (κ1) is 8.59. The van der Waals surface area contributed by atoms with Gasteiger partial charge in [0, 0.05) is 0 Å². The summed E-state index contributed by atoms with van der Waals surface area (Å²) in [5, 5.41) is 7.30. The monoisotopic (exact) mass is 170 g/mol. The lowest BCUT2D eigenvalue weighted by Gasteiger charge is -1.94. The molecule has 52 valence electrons. The van der Waals surface area contributed by atoms with Crippen LogP contribution in [0.3, 0.4) is 0 Å². The van der Waals surface area contributed by atoms with Crippen LogP contribution in [0.2, 0.25) is 0 Å². The third-order valence-corrected chi connectivity index (χ3v) is 1.31. The quantitative estimate of drug-likeness (QED) is 0.504. The Labute approximate surface area is 61.8 Å². The maximum atomic E-state index is 9.95. The van der Waals surface area contributed by atoms with Gasteiger partial charge in [-0.25, -0.2) is 4.79 Å². The fourth-order valence-electron chi connectivity index (χ4n) is 0.174. The SMILES string of the molecule is COC(Cl)=C(Cl)C(=O)O. The third kappa shape index (κ3) is 2.58. The molecule has 0 heterocycles. The van der Waals surface area contributed by atoms with Crippen LogP contribution in [0.25, 0.3) is 0 Å². The van der Waals surface area contributed by atoms with E-state index < -0.39 is 11.0 Å². The number of rotatable bonds is 2. The van der Waals surface area contributed by atoms with Crippen molar-refractivity contribution < 1.29 is 14.6 Å². The Morgan fingerprint density at radius 3 is 2.11 bits per heavy atom. The Hall–Kier alpha value is -0.410. The molecule has 0 amide bonds. The largest absolute Gasteiger partial charge is 0.485 e. The fourth-order valence-corrected chi connectivity index (χ4v) is 0.332. The zero-order valence-corrected chi connectivity index (χ0v) is 6.03. The predicted octanol–water partition coefficient (Wildman–Crippen LogP) is 1.36. The highest BCUT2D eigenvalue weighted by Gasteiger charge is 2.09. The highest BCUT2D eigenvalue weighted by molar-refractivity contribution is 6.46. The van der Waals surface area contributed by atoms with Gasteiger partial charge in [-0.1, -0.05) is 11.6 Å². The van der Waals surface area contributed by atoms with E-state index in [1.165, 1.54) is 7.11 Å². The van der Waals surface area contributed by atoms with E-state index in [1.807, 2.05) is 0 Å². The first-order chi connectivity index (χ1) is 4.09. The molecule has 0 aliphatic rings. The number of hydrogen-bond acceptors (Lipinski definition) is 2. The smallest absolute Gasteiger partial charge is 0.352 e. The number of hydrogen-bond donors (Lipinski definition) is 1. The average molecular weight is 171 g/mol. The van der Waals surface area contributed by atoms with Gasteiger partial charge in [-0.15, -0.1) is 0 Å². The lowest BCUT2D eigenvalue weighted by atomic mass is 10.6. The second-order valence-electron chi connectivity index (χ2n) is 1.10. The molecule has 0 rings (SSSR count). The van der Waals surface area contributed by atoms with E-state index in [1.54, 1.807) is 0 Å². The number of aliphatic carboxylic acids is 1. The summed E-state index contributed by atoms with van der Waals surface area (Å²) in [6, 6.07) is 0. The molecule has 9 heavy (non-hydrogen) atoms. The molecule has 3 nitrogen and oxygen atoms in total. The minimum atomic E-state index is -1.30. The summed E-state index contributed by atoms with van der Waals surface area (Å²) < 4.78 is 4.31. The Morgan fingerprint density at radius 1 is 1.56 bits per heavy atom. The summed E-state index contributed by atoms with van der Waals surface area (Å²) in [7, 11) is 1.23.